The highest BCUT2D eigenvalue weighted by atomic mass is 19.3. The van der Waals surface area contributed by atoms with E-state index in [4.69, 9.17) is 0 Å². The first-order valence-corrected chi connectivity index (χ1v) is 2.76. The van der Waals surface area contributed by atoms with Crippen molar-refractivity contribution in [1.29, 1.82) is 0 Å². The fourth-order valence-corrected chi connectivity index (χ4v) is 0.276. The van der Waals surface area contributed by atoms with Crippen LogP contribution in [0.15, 0.2) is 0 Å². The lowest BCUT2D eigenvalue weighted by molar-refractivity contribution is -0.296. The predicted molar refractivity (Wildman–Crippen MR) is 26.9 cm³/mol. The second kappa shape index (κ2) is 3.16. The summed E-state index contributed by atoms with van der Waals surface area (Å²) < 4.78 is 51.3. The minimum atomic E-state index is -4.51. The molecule has 0 aromatic heterocycles. The Kier molecular flexibility index (Phi) is 2.89. The van der Waals surface area contributed by atoms with Crippen LogP contribution >= 0.6 is 0 Å². The summed E-state index contributed by atoms with van der Waals surface area (Å²) in [6.07, 6.45) is -2.26. The molecule has 72 valence electrons. The number of ether oxygens (including phenoxy) is 1. The van der Waals surface area contributed by atoms with E-state index in [-0.39, 0.29) is 6.92 Å². The molecule has 0 rings (SSSR count). The average Bonchev–Trinajstić information content (AvgIpc) is 1.81. The Bertz CT molecular complexity index is 174. The van der Waals surface area contributed by atoms with Crippen molar-refractivity contribution in [1.82, 2.24) is 0 Å². The van der Waals surface area contributed by atoms with E-state index in [1.807, 2.05) is 0 Å². The third-order valence-electron chi connectivity index (χ3n) is 1.01. The fourth-order valence-electron chi connectivity index (χ4n) is 0.276. The number of carbonyl (C=O) groups is 1. The first-order valence-electron chi connectivity index (χ1n) is 2.76. The zero-order chi connectivity index (χ0) is 9.99. The molecule has 0 fully saturated rings. The Morgan fingerprint density at radius 1 is 1.42 bits per heavy atom. The van der Waals surface area contributed by atoms with Gasteiger partial charge < -0.3 is 14.6 Å². The molecule has 0 saturated heterocycles. The van der Waals surface area contributed by atoms with Gasteiger partial charge in [-0.25, -0.2) is 8.78 Å². The highest BCUT2D eigenvalue weighted by molar-refractivity contribution is 5.54. The van der Waals surface area contributed by atoms with Gasteiger partial charge in [-0.2, -0.15) is 8.78 Å². The maximum absolute atomic E-state index is 12.1. The van der Waals surface area contributed by atoms with E-state index in [1.165, 1.54) is 0 Å². The summed E-state index contributed by atoms with van der Waals surface area (Å²) in [5, 5.41) is 9.46. The largest absolute Gasteiger partial charge is 0.543 e. The summed E-state index contributed by atoms with van der Waals surface area (Å²) in [5.74, 6) is -8.82. The quantitative estimate of drug-likeness (QED) is 0.483. The summed E-state index contributed by atoms with van der Waals surface area (Å²) in [6.45, 7) is -1.94. The number of hydrogen-bond donors (Lipinski definition) is 0. The Morgan fingerprint density at radius 3 is 2.08 bits per heavy atom. The van der Waals surface area contributed by atoms with Crippen LogP contribution in [-0.4, -0.2) is 24.6 Å². The van der Waals surface area contributed by atoms with Gasteiger partial charge in [-0.1, -0.05) is 0 Å². The molecule has 0 heterocycles. The number of hydrogen-bond acceptors (Lipinski definition) is 3. The minimum absolute atomic E-state index is 0.0361. The molecule has 0 radical (unpaired) electrons. The van der Waals surface area contributed by atoms with Crippen LogP contribution in [0.3, 0.4) is 0 Å². The van der Waals surface area contributed by atoms with E-state index in [9.17, 15) is 27.5 Å². The van der Waals surface area contributed by atoms with Crippen LogP contribution in [-0.2, 0) is 4.74 Å². The Hall–Kier alpha value is -1.01. The molecule has 3 nitrogen and oxygen atoms in total. The number of rotatable bonds is 3. The lowest BCUT2D eigenvalue weighted by Crippen LogP contribution is -2.43. The molecule has 0 atom stereocenters. The fraction of sp³-hybridized carbons (Fsp3) is 0.800. The molecule has 12 heavy (non-hydrogen) atoms. The second-order valence-corrected chi connectivity index (χ2v) is 2.13. The Labute approximate surface area is 64.9 Å². The zero-order valence-corrected chi connectivity index (χ0v) is 5.94. The van der Waals surface area contributed by atoms with Gasteiger partial charge in [0, 0.05) is 6.92 Å². The van der Waals surface area contributed by atoms with E-state index in [2.05, 4.69) is 4.74 Å². The van der Waals surface area contributed by atoms with Crippen molar-refractivity contribution in [3.05, 3.63) is 0 Å². The molecular weight excluding hydrogens is 184 g/mol. The van der Waals surface area contributed by atoms with Crippen LogP contribution < -0.4 is 5.11 Å². The topological polar surface area (TPSA) is 49.4 Å². The van der Waals surface area contributed by atoms with Gasteiger partial charge in [-0.05, 0) is 0 Å². The maximum Gasteiger partial charge on any atom is 0.326 e. The van der Waals surface area contributed by atoms with Gasteiger partial charge in [0.05, 0.1) is 6.61 Å². The van der Waals surface area contributed by atoms with Crippen molar-refractivity contribution in [2.24, 2.45) is 0 Å². The molecular formula is C5H5F4O3-. The van der Waals surface area contributed by atoms with Gasteiger partial charge >= 0.3 is 11.8 Å². The Balaban J connectivity index is 4.14. The molecule has 0 aromatic carbocycles. The van der Waals surface area contributed by atoms with Crippen LogP contribution in [0.4, 0.5) is 22.4 Å². The van der Waals surface area contributed by atoms with E-state index >= 15 is 0 Å². The third-order valence-corrected chi connectivity index (χ3v) is 1.01. The molecule has 0 aromatic rings. The van der Waals surface area contributed by atoms with Crippen molar-refractivity contribution in [2.75, 3.05) is 6.61 Å². The van der Waals surface area contributed by atoms with E-state index in [0.29, 0.717) is 0 Å². The van der Waals surface area contributed by atoms with Gasteiger partial charge in [0.1, 0.15) is 0 Å². The van der Waals surface area contributed by atoms with Crippen molar-refractivity contribution >= 4 is 6.16 Å². The Morgan fingerprint density at radius 2 is 1.83 bits per heavy atom. The number of carbonyl (C=O) groups excluding carboxylic acids is 1. The van der Waals surface area contributed by atoms with Crippen molar-refractivity contribution in [3.8, 4) is 0 Å². The number of alkyl halides is 4. The highest BCUT2D eigenvalue weighted by Gasteiger charge is 2.51. The number of halogens is 4. The SMILES string of the molecule is CC(F)(F)C(F)(F)COC(=O)[O-]. The van der Waals surface area contributed by atoms with Gasteiger partial charge in [0.15, 0.2) is 0 Å². The van der Waals surface area contributed by atoms with Crippen LogP contribution in [0.5, 0.6) is 0 Å². The van der Waals surface area contributed by atoms with Gasteiger partial charge in [0.25, 0.3) is 6.16 Å². The molecule has 0 spiro atoms. The molecule has 0 unspecified atom stereocenters. The second-order valence-electron chi connectivity index (χ2n) is 2.13. The van der Waals surface area contributed by atoms with Crippen LogP contribution in [0, 0.1) is 0 Å². The zero-order valence-electron chi connectivity index (χ0n) is 5.94. The summed E-state index contributed by atoms with van der Waals surface area (Å²) >= 11 is 0. The summed E-state index contributed by atoms with van der Waals surface area (Å²) in [4.78, 5) is 9.46. The average molecular weight is 189 g/mol. The summed E-state index contributed by atoms with van der Waals surface area (Å²) in [5.41, 5.74) is 0. The van der Waals surface area contributed by atoms with Crippen LogP contribution in [0.2, 0.25) is 0 Å². The van der Waals surface area contributed by atoms with E-state index < -0.39 is 24.6 Å². The van der Waals surface area contributed by atoms with E-state index in [0.717, 1.165) is 0 Å². The monoisotopic (exact) mass is 189 g/mol. The highest BCUT2D eigenvalue weighted by Crippen LogP contribution is 2.33. The molecule has 7 heteroatoms. The predicted octanol–water partition coefficient (Wildman–Crippen LogP) is 0.637. The maximum atomic E-state index is 12.1. The van der Waals surface area contributed by atoms with Crippen molar-refractivity contribution in [2.45, 2.75) is 18.8 Å². The van der Waals surface area contributed by atoms with Crippen LogP contribution in [0.1, 0.15) is 6.92 Å². The molecule has 0 aliphatic carbocycles. The van der Waals surface area contributed by atoms with Gasteiger partial charge in [-0.3, -0.25) is 0 Å². The normalized spacial score (nSPS) is 12.8. The minimum Gasteiger partial charge on any atom is -0.543 e. The lowest BCUT2D eigenvalue weighted by Gasteiger charge is -2.24. The summed E-state index contributed by atoms with van der Waals surface area (Å²) in [7, 11) is 0. The summed E-state index contributed by atoms with van der Waals surface area (Å²) in [6, 6.07) is 0. The number of carboxylic acid groups (broad SMARTS) is 1. The van der Waals surface area contributed by atoms with Crippen molar-refractivity contribution in [3.63, 3.8) is 0 Å². The van der Waals surface area contributed by atoms with Crippen LogP contribution in [0.25, 0.3) is 0 Å². The van der Waals surface area contributed by atoms with E-state index in [1.54, 1.807) is 0 Å². The molecule has 0 N–H and O–H groups in total. The molecule has 0 saturated carbocycles. The first kappa shape index (κ1) is 11.0. The molecule has 0 bridgehead atoms. The lowest BCUT2D eigenvalue weighted by atomic mass is 10.2. The van der Waals surface area contributed by atoms with Gasteiger partial charge in [-0.15, -0.1) is 0 Å². The van der Waals surface area contributed by atoms with Crippen molar-refractivity contribution < 1.29 is 32.2 Å². The third kappa shape index (κ3) is 2.93. The molecule has 0 aliphatic heterocycles. The smallest absolute Gasteiger partial charge is 0.326 e. The standard InChI is InChI=1S/C5H6F4O3/c1-4(6,7)5(8,9)2-12-3(10)11/h2H2,1H3,(H,10,11)/p-1. The molecule has 0 aliphatic rings. The molecule has 0 amide bonds. The van der Waals surface area contributed by atoms with Gasteiger partial charge in [0.2, 0.25) is 0 Å². The first-order chi connectivity index (χ1) is 5.17.